The van der Waals surface area contributed by atoms with Crippen LogP contribution in [0.4, 0.5) is 14.9 Å². The third kappa shape index (κ3) is 3.09. The second-order valence-electron chi connectivity index (χ2n) is 8.24. The summed E-state index contributed by atoms with van der Waals surface area (Å²) < 4.78 is 48.1. The molecule has 0 spiro atoms. The minimum absolute atomic E-state index is 0.105. The Morgan fingerprint density at radius 2 is 1.77 bits per heavy atom. The lowest BCUT2D eigenvalue weighted by molar-refractivity contribution is -0.139. The molecule has 0 radical (unpaired) electrons. The van der Waals surface area contributed by atoms with Crippen molar-refractivity contribution in [3.63, 3.8) is 0 Å². The fourth-order valence-electron chi connectivity index (χ4n) is 4.70. The molecule has 1 saturated heterocycles. The average molecular weight is 434 g/mol. The van der Waals surface area contributed by atoms with E-state index in [1.807, 2.05) is 4.72 Å². The number of rotatable bonds is 4. The number of alkyl halides is 1. The number of aromatic nitrogens is 2. The molecular formula is C20H23FN4O4S. The molecule has 0 saturated carbocycles. The van der Waals surface area contributed by atoms with Gasteiger partial charge in [0.15, 0.2) is 10.7 Å². The Morgan fingerprint density at radius 3 is 2.33 bits per heavy atom. The topological polar surface area (TPSA) is 102 Å². The van der Waals surface area contributed by atoms with E-state index in [4.69, 9.17) is 4.74 Å². The molecule has 1 fully saturated rings. The van der Waals surface area contributed by atoms with Crippen molar-refractivity contribution in [1.82, 2.24) is 14.5 Å². The van der Waals surface area contributed by atoms with E-state index in [9.17, 15) is 17.6 Å². The minimum atomic E-state index is -4.26. The number of urea groups is 1. The van der Waals surface area contributed by atoms with Crippen molar-refractivity contribution in [2.45, 2.75) is 49.2 Å². The van der Waals surface area contributed by atoms with Crippen LogP contribution in [-0.4, -0.2) is 37.4 Å². The number of anilines is 1. The lowest BCUT2D eigenvalue weighted by atomic mass is 9.99. The average Bonchev–Trinajstić information content (AvgIpc) is 3.38. The molecule has 2 aromatic rings. The minimum Gasteiger partial charge on any atom is -0.374 e. The van der Waals surface area contributed by atoms with Crippen LogP contribution in [-0.2, 0) is 53.2 Å². The highest BCUT2D eigenvalue weighted by Crippen LogP contribution is 2.38. The Balaban J connectivity index is 1.38. The number of amides is 2. The Labute approximate surface area is 173 Å². The van der Waals surface area contributed by atoms with Crippen molar-refractivity contribution >= 4 is 21.7 Å². The van der Waals surface area contributed by atoms with Crippen LogP contribution in [0.5, 0.6) is 0 Å². The van der Waals surface area contributed by atoms with Gasteiger partial charge in [-0.1, -0.05) is 6.07 Å². The molecule has 2 amide bonds. The van der Waals surface area contributed by atoms with Crippen LogP contribution in [0.3, 0.4) is 0 Å². The zero-order valence-electron chi connectivity index (χ0n) is 16.6. The summed E-state index contributed by atoms with van der Waals surface area (Å²) in [5.74, 6) is 0. The van der Waals surface area contributed by atoms with Crippen molar-refractivity contribution in [2.75, 3.05) is 18.5 Å². The lowest BCUT2D eigenvalue weighted by Gasteiger charge is -2.33. The summed E-state index contributed by atoms with van der Waals surface area (Å²) in [6.07, 6.45) is 5.74. The van der Waals surface area contributed by atoms with Gasteiger partial charge < -0.3 is 10.1 Å². The zero-order chi connectivity index (χ0) is 21.1. The van der Waals surface area contributed by atoms with Crippen LogP contribution in [0, 0.1) is 0 Å². The number of hydrogen-bond donors (Lipinski definition) is 2. The van der Waals surface area contributed by atoms with Gasteiger partial charge in [0.05, 0.1) is 18.9 Å². The lowest BCUT2D eigenvalue weighted by Crippen LogP contribution is -2.44. The molecule has 8 nitrogen and oxygen atoms in total. The third-order valence-electron chi connectivity index (χ3n) is 6.19. The van der Waals surface area contributed by atoms with Crippen molar-refractivity contribution < 1.29 is 22.3 Å². The second kappa shape index (κ2) is 6.78. The van der Waals surface area contributed by atoms with Gasteiger partial charge in [0.1, 0.15) is 0 Å². The number of hydrogen-bond acceptors (Lipinski definition) is 5. The van der Waals surface area contributed by atoms with Gasteiger partial charge in [-0.05, 0) is 60.8 Å². The monoisotopic (exact) mass is 434 g/mol. The normalized spacial score (nSPS) is 19.1. The fourth-order valence-corrected chi connectivity index (χ4v) is 5.60. The van der Waals surface area contributed by atoms with Crippen molar-refractivity contribution in [1.29, 1.82) is 0 Å². The van der Waals surface area contributed by atoms with Crippen molar-refractivity contribution in [3.8, 4) is 0 Å². The number of nitrogens with one attached hydrogen (secondary N) is 2. The standard InChI is InChI=1S/C20H23FN4O4S/c1-25-16(20(21)10-29-11-20)9-17(23-25)30(27,28)24-19(26)22-18-14-6-2-4-12(14)8-13-5-3-7-15(13)18/h8-9H,2-7,10-11H2,1H3,(H2,22,24,26). The van der Waals surface area contributed by atoms with Crippen LogP contribution in [0.1, 0.15) is 40.8 Å². The molecule has 160 valence electrons. The maximum atomic E-state index is 14.6. The maximum absolute atomic E-state index is 14.6. The first-order chi connectivity index (χ1) is 14.3. The van der Waals surface area contributed by atoms with Gasteiger partial charge in [-0.25, -0.2) is 13.9 Å². The first kappa shape index (κ1) is 19.5. The molecule has 2 aliphatic carbocycles. The molecular weight excluding hydrogens is 411 g/mol. The van der Waals surface area contributed by atoms with E-state index in [0.29, 0.717) is 0 Å². The Kier molecular flexibility index (Phi) is 4.41. The Hall–Kier alpha value is -2.46. The quantitative estimate of drug-likeness (QED) is 0.767. The number of carbonyl (C=O) groups excluding carboxylic acids is 1. The molecule has 5 rings (SSSR count). The van der Waals surface area contributed by atoms with Crippen LogP contribution < -0.4 is 10.0 Å². The van der Waals surface area contributed by atoms with Crippen molar-refractivity contribution in [3.05, 3.63) is 40.1 Å². The third-order valence-corrected chi connectivity index (χ3v) is 7.40. The second-order valence-corrected chi connectivity index (χ2v) is 9.87. The molecule has 1 aromatic heterocycles. The Bertz CT molecular complexity index is 1120. The summed E-state index contributed by atoms with van der Waals surface area (Å²) in [6, 6.07) is 2.55. The molecule has 10 heteroatoms. The first-order valence-corrected chi connectivity index (χ1v) is 11.6. The molecule has 30 heavy (non-hydrogen) atoms. The maximum Gasteiger partial charge on any atom is 0.333 e. The highest BCUT2D eigenvalue weighted by Gasteiger charge is 2.44. The summed E-state index contributed by atoms with van der Waals surface area (Å²) in [5.41, 5.74) is 3.77. The predicted octanol–water partition coefficient (Wildman–Crippen LogP) is 2.10. The summed E-state index contributed by atoms with van der Waals surface area (Å²) in [4.78, 5) is 12.6. The number of aryl methyl sites for hydroxylation is 3. The number of ether oxygens (including phenoxy) is 1. The number of carbonyl (C=O) groups is 1. The largest absolute Gasteiger partial charge is 0.374 e. The first-order valence-electron chi connectivity index (χ1n) is 10.1. The van der Waals surface area contributed by atoms with Gasteiger partial charge in [0.25, 0.3) is 10.0 Å². The molecule has 0 atom stereocenters. The summed E-state index contributed by atoms with van der Waals surface area (Å²) in [5, 5.41) is 6.28. The van der Waals surface area contributed by atoms with E-state index >= 15 is 0 Å². The van der Waals surface area contributed by atoms with Crippen LogP contribution in [0.15, 0.2) is 17.2 Å². The molecule has 1 aliphatic heterocycles. The molecule has 0 bridgehead atoms. The molecule has 0 unspecified atom stereocenters. The number of nitrogens with zero attached hydrogens (tertiary/aromatic N) is 2. The smallest absolute Gasteiger partial charge is 0.333 e. The van der Waals surface area contributed by atoms with E-state index in [0.717, 1.165) is 61.4 Å². The van der Waals surface area contributed by atoms with Gasteiger partial charge in [0.2, 0.25) is 0 Å². The van der Waals surface area contributed by atoms with Gasteiger partial charge in [-0.3, -0.25) is 4.68 Å². The molecule has 3 aliphatic rings. The highest BCUT2D eigenvalue weighted by atomic mass is 32.2. The molecule has 2 N–H and O–H groups in total. The summed E-state index contributed by atoms with van der Waals surface area (Å²) in [7, 11) is -2.79. The zero-order valence-corrected chi connectivity index (χ0v) is 17.4. The predicted molar refractivity (Wildman–Crippen MR) is 107 cm³/mol. The number of fused-ring (bicyclic) bond motifs is 2. The highest BCUT2D eigenvalue weighted by molar-refractivity contribution is 7.90. The van der Waals surface area contributed by atoms with E-state index in [1.165, 1.54) is 22.9 Å². The molecule has 1 aromatic carbocycles. The SMILES string of the molecule is Cn1nc(S(=O)(=O)NC(=O)Nc2c3c(cc4c2CCC4)CCC3)cc1C1(F)COC1. The summed E-state index contributed by atoms with van der Waals surface area (Å²) >= 11 is 0. The van der Waals surface area contributed by atoms with E-state index in [2.05, 4.69) is 16.5 Å². The number of sulfonamides is 1. The molecule has 2 heterocycles. The van der Waals surface area contributed by atoms with E-state index < -0.39 is 26.7 Å². The Morgan fingerprint density at radius 1 is 1.13 bits per heavy atom. The van der Waals surface area contributed by atoms with Crippen LogP contribution in [0.25, 0.3) is 0 Å². The van der Waals surface area contributed by atoms with E-state index in [-0.39, 0.29) is 18.9 Å². The van der Waals surface area contributed by atoms with Crippen LogP contribution in [0.2, 0.25) is 0 Å². The number of benzene rings is 1. The van der Waals surface area contributed by atoms with Crippen molar-refractivity contribution in [2.24, 2.45) is 7.05 Å². The number of halogens is 1. The van der Waals surface area contributed by atoms with Gasteiger partial charge in [-0.15, -0.1) is 0 Å². The summed E-state index contributed by atoms with van der Waals surface area (Å²) in [6.45, 7) is -0.297. The van der Waals surface area contributed by atoms with Gasteiger partial charge >= 0.3 is 6.03 Å². The van der Waals surface area contributed by atoms with E-state index in [1.54, 1.807) is 0 Å². The fraction of sp³-hybridized carbons (Fsp3) is 0.500. The van der Waals surface area contributed by atoms with Crippen LogP contribution >= 0.6 is 0 Å². The van der Waals surface area contributed by atoms with Gasteiger partial charge in [-0.2, -0.15) is 13.5 Å². The van der Waals surface area contributed by atoms with Gasteiger partial charge in [0, 0.05) is 18.8 Å².